The zero-order chi connectivity index (χ0) is 39.1. The average molecular weight is 814 g/mol. The first-order valence-corrected chi connectivity index (χ1v) is 18.8. The molecule has 4 aromatic carbocycles. The Balaban J connectivity index is 1.95. The highest BCUT2D eigenvalue weighted by Gasteiger charge is 2.25. The van der Waals surface area contributed by atoms with Gasteiger partial charge in [0.25, 0.3) is 30.4 Å². The first-order chi connectivity index (χ1) is 24.8. The number of rotatable bonds is 14. The third-order valence-electron chi connectivity index (χ3n) is 6.45. The van der Waals surface area contributed by atoms with Gasteiger partial charge in [0.1, 0.15) is 21.2 Å². The van der Waals surface area contributed by atoms with Crippen LogP contribution in [0.4, 0.5) is 28.4 Å². The summed E-state index contributed by atoms with van der Waals surface area (Å²) in [7, 11) is -13.8. The predicted molar refractivity (Wildman–Crippen MR) is 183 cm³/mol. The molecule has 0 aromatic heterocycles. The molecule has 280 valence electrons. The van der Waals surface area contributed by atoms with Crippen molar-refractivity contribution in [3.8, 4) is 5.75 Å². The zero-order valence-corrected chi connectivity index (χ0v) is 29.4. The van der Waals surface area contributed by atoms with Gasteiger partial charge in [0, 0.05) is 23.2 Å². The number of amidine groups is 1. The fourth-order valence-corrected chi connectivity index (χ4v) is 6.25. The lowest BCUT2D eigenvalue weighted by atomic mass is 10.2. The molecule has 0 saturated heterocycles. The van der Waals surface area contributed by atoms with Crippen LogP contribution in [0.2, 0.25) is 0 Å². The van der Waals surface area contributed by atoms with Crippen LogP contribution in [-0.2, 0) is 39.7 Å². The topological polar surface area (TPSA) is 345 Å². The van der Waals surface area contributed by atoms with E-state index in [1.807, 2.05) is 0 Å². The molecule has 0 fully saturated rings. The number of nitrogens with zero attached hydrogens (tertiary/aromatic N) is 5. The second kappa shape index (κ2) is 16.5. The molecular weight excluding hydrogens is 791 g/mol. The Labute approximate surface area is 302 Å². The largest absolute Gasteiger partial charge is 0.504 e. The molecule has 0 bridgehead atoms. The summed E-state index contributed by atoms with van der Waals surface area (Å²) in [6.45, 7) is 0. The molecule has 22 nitrogen and oxygen atoms in total. The minimum atomic E-state index is -5.33. The van der Waals surface area contributed by atoms with Gasteiger partial charge in [-0.2, -0.15) is 35.5 Å². The molecule has 0 spiro atoms. The minimum Gasteiger partial charge on any atom is -0.504 e. The van der Waals surface area contributed by atoms with E-state index in [1.165, 1.54) is 18.2 Å². The highest BCUT2D eigenvalue weighted by atomic mass is 32.2. The molecule has 0 aliphatic heterocycles. The van der Waals surface area contributed by atoms with Crippen LogP contribution < -0.4 is 10.7 Å². The number of nitrogens with one attached hydrogen (secondary N) is 2. The molecule has 0 aliphatic carbocycles. The van der Waals surface area contributed by atoms with E-state index < -0.39 is 79.5 Å². The molecule has 0 amide bonds. The predicted octanol–water partition coefficient (Wildman–Crippen LogP) is 5.27. The normalized spacial score (nSPS) is 12.7. The Morgan fingerprint density at radius 1 is 0.774 bits per heavy atom. The lowest BCUT2D eigenvalue weighted by molar-refractivity contribution is -0.432. The third kappa shape index (κ3) is 10.6. The molecule has 0 saturated carbocycles. The van der Waals surface area contributed by atoms with Crippen molar-refractivity contribution in [2.75, 3.05) is 17.8 Å². The van der Waals surface area contributed by atoms with Gasteiger partial charge in [0.05, 0.1) is 33.9 Å². The van der Waals surface area contributed by atoms with Crippen LogP contribution in [0.1, 0.15) is 15.9 Å². The second-order valence-electron chi connectivity index (χ2n) is 9.88. The van der Waals surface area contributed by atoms with Gasteiger partial charge in [-0.25, -0.2) is 10.1 Å². The lowest BCUT2D eigenvalue weighted by Crippen LogP contribution is -2.07. The zero-order valence-electron chi connectivity index (χ0n) is 26.2. The van der Waals surface area contributed by atoms with Gasteiger partial charge in [-0.15, -0.1) is 19.7 Å². The maximum Gasteiger partial charge on any atom is 0.337 e. The van der Waals surface area contributed by atoms with Gasteiger partial charge in [0.15, 0.2) is 5.75 Å². The van der Waals surface area contributed by atoms with Crippen molar-refractivity contribution < 1.29 is 68.5 Å². The molecule has 4 rings (SSSR count). The molecular formula is C27H23N7O15S4. The molecule has 0 unspecified atom stereocenters. The second-order valence-corrected chi connectivity index (χ2v) is 14.9. The molecule has 53 heavy (non-hydrogen) atoms. The number of aromatic carboxylic acids is 1. The summed E-state index contributed by atoms with van der Waals surface area (Å²) in [4.78, 5) is 8.79. The number of benzene rings is 4. The van der Waals surface area contributed by atoms with Crippen molar-refractivity contribution >= 4 is 82.6 Å². The summed E-state index contributed by atoms with van der Waals surface area (Å²) in [6, 6.07) is 13.4. The van der Waals surface area contributed by atoms with Crippen molar-refractivity contribution in [3.63, 3.8) is 0 Å². The Hall–Kier alpha value is -5.42. The first-order valence-electron chi connectivity index (χ1n) is 13.7. The van der Waals surface area contributed by atoms with Gasteiger partial charge < -0.3 is 15.5 Å². The van der Waals surface area contributed by atoms with Gasteiger partial charge in [-0.05, 0) is 72.8 Å². The molecule has 0 atom stereocenters. The van der Waals surface area contributed by atoms with E-state index in [9.17, 15) is 53.9 Å². The number of carboxylic acids is 1. The molecule has 0 aliphatic rings. The summed E-state index contributed by atoms with van der Waals surface area (Å²) in [5.41, 5.74) is 0.987. The van der Waals surface area contributed by atoms with Crippen molar-refractivity contribution in [2.24, 2.45) is 25.6 Å². The summed E-state index contributed by atoms with van der Waals surface area (Å²) >= 11 is 0.443. The van der Waals surface area contributed by atoms with Crippen molar-refractivity contribution in [3.05, 3.63) is 83.9 Å². The van der Waals surface area contributed by atoms with E-state index in [4.69, 9.17) is 5.26 Å². The maximum atomic E-state index is 12.2. The van der Waals surface area contributed by atoms with Crippen LogP contribution in [0.15, 0.2) is 118 Å². The van der Waals surface area contributed by atoms with E-state index in [2.05, 4.69) is 45.7 Å². The van der Waals surface area contributed by atoms with E-state index in [0.717, 1.165) is 30.3 Å². The molecule has 0 radical (unpaired) electrons. The molecule has 4 aromatic rings. The SMILES string of the molecule is CNc1ccc(N=Nc2cc(/C(N=Nc3cc(S(=O)(=O)O)cc(S(=O)(=O)O)c3O)=N/Nc3cc(SOOO)ccc3C(=O)O)ccc2S(=O)(=O)O)cc1. The number of carbonyl (C=O) groups is 1. The quantitative estimate of drug-likeness (QED) is 0.0153. The fourth-order valence-electron chi connectivity index (χ4n) is 4.02. The van der Waals surface area contributed by atoms with Gasteiger partial charge in [0.2, 0.25) is 5.84 Å². The van der Waals surface area contributed by atoms with Crippen molar-refractivity contribution in [1.29, 1.82) is 0 Å². The highest BCUT2D eigenvalue weighted by molar-refractivity contribution is 7.94. The Morgan fingerprint density at radius 3 is 2.04 bits per heavy atom. The summed E-state index contributed by atoms with van der Waals surface area (Å²) in [6.07, 6.45) is 0. The van der Waals surface area contributed by atoms with Crippen LogP contribution in [0, 0.1) is 0 Å². The molecule has 0 heterocycles. The van der Waals surface area contributed by atoms with Gasteiger partial charge in [-0.1, -0.05) is 5.04 Å². The minimum absolute atomic E-state index is 0.151. The number of phenolic OH excluding ortho intramolecular Hbond substituents is 1. The number of aromatic hydroxyl groups is 1. The lowest BCUT2D eigenvalue weighted by Gasteiger charge is -2.10. The van der Waals surface area contributed by atoms with Crippen LogP contribution in [-0.4, -0.2) is 73.2 Å². The van der Waals surface area contributed by atoms with Crippen LogP contribution in [0.5, 0.6) is 5.75 Å². The van der Waals surface area contributed by atoms with Gasteiger partial charge in [-0.3, -0.25) is 19.1 Å². The monoisotopic (exact) mass is 813 g/mol. The van der Waals surface area contributed by atoms with Crippen molar-refractivity contribution in [1.82, 2.24) is 0 Å². The van der Waals surface area contributed by atoms with E-state index in [1.54, 1.807) is 19.2 Å². The number of azo groups is 2. The Bertz CT molecular complexity index is 2480. The summed E-state index contributed by atoms with van der Waals surface area (Å²) in [5.74, 6) is -3.44. The van der Waals surface area contributed by atoms with E-state index >= 15 is 0 Å². The smallest absolute Gasteiger partial charge is 0.337 e. The van der Waals surface area contributed by atoms with Crippen LogP contribution >= 0.6 is 12.0 Å². The Morgan fingerprint density at radius 2 is 1.45 bits per heavy atom. The average Bonchev–Trinajstić information content (AvgIpc) is 3.09. The summed E-state index contributed by atoms with van der Waals surface area (Å²) in [5, 5.41) is 54.4. The highest BCUT2D eigenvalue weighted by Crippen LogP contribution is 2.37. The fraction of sp³-hybridized carbons (Fsp3) is 0.0370. The number of phenols is 1. The third-order valence-corrected chi connectivity index (χ3v) is 9.62. The van der Waals surface area contributed by atoms with E-state index in [0.29, 0.717) is 23.8 Å². The number of hydrazone groups is 1. The number of hydrogen-bond acceptors (Lipinski definition) is 18. The standard InChI is InChI=1S/C27H23N7O15S4/c1-28-15-3-5-16(6-4-15)29-31-21-10-14(2-9-23(21)52(42,43)44)26(33-30-20-11-17(50-49-48-38)7-8-19(20)27(36)37)34-32-22-12-18(51(39,40)41)13-24(25(22)35)53(45,46)47/h2-13,28,30,35,38H,1H3,(H,36,37)(H,39,40,41)(H,42,43,44)(H,45,46,47)/b31-29?,33-26-,34-32?. The number of carboxylic acid groups (broad SMARTS) is 1. The van der Waals surface area contributed by atoms with E-state index in [-0.39, 0.29) is 27.9 Å². The number of anilines is 2. The summed E-state index contributed by atoms with van der Waals surface area (Å²) < 4.78 is 105. The first kappa shape index (κ1) is 40.4. The maximum absolute atomic E-state index is 12.2. The Kier molecular flexibility index (Phi) is 12.6. The van der Waals surface area contributed by atoms with Crippen LogP contribution in [0.3, 0.4) is 0 Å². The van der Waals surface area contributed by atoms with Crippen molar-refractivity contribution in [2.45, 2.75) is 19.6 Å². The number of hydrogen-bond donors (Lipinski definition) is 8. The molecule has 26 heteroatoms. The van der Waals surface area contributed by atoms with Crippen LogP contribution in [0.25, 0.3) is 0 Å². The molecule has 8 N–H and O–H groups in total. The van der Waals surface area contributed by atoms with Gasteiger partial charge >= 0.3 is 5.97 Å².